The Hall–Kier alpha value is -3.82. The van der Waals surface area contributed by atoms with Crippen molar-refractivity contribution in [3.63, 3.8) is 0 Å². The summed E-state index contributed by atoms with van der Waals surface area (Å²) < 4.78 is 2.60. The van der Waals surface area contributed by atoms with Gasteiger partial charge in [-0.3, -0.25) is 0 Å². The molecule has 0 atom stereocenters. The van der Waals surface area contributed by atoms with Crippen LogP contribution in [-0.2, 0) is 0 Å². The van der Waals surface area contributed by atoms with Crippen molar-refractivity contribution in [3.8, 4) is 33.8 Å². The molecule has 2 heterocycles. The van der Waals surface area contributed by atoms with E-state index in [2.05, 4.69) is 96.0 Å². The minimum absolute atomic E-state index is 0.752. The maximum absolute atomic E-state index is 4.88. The van der Waals surface area contributed by atoms with E-state index in [4.69, 9.17) is 4.98 Å². The lowest BCUT2D eigenvalue weighted by Crippen LogP contribution is -1.91. The van der Waals surface area contributed by atoms with E-state index in [1.165, 1.54) is 31.3 Å². The van der Waals surface area contributed by atoms with Gasteiger partial charge in [0.05, 0.1) is 5.69 Å². The lowest BCUT2D eigenvalue weighted by Gasteiger charge is -2.06. The van der Waals surface area contributed by atoms with Crippen LogP contribution >= 0.6 is 11.3 Å². The van der Waals surface area contributed by atoms with Crippen LogP contribution in [0.1, 0.15) is 0 Å². The van der Waals surface area contributed by atoms with Crippen LogP contribution in [-0.4, -0.2) is 9.97 Å². The molecule has 0 saturated carbocycles. The van der Waals surface area contributed by atoms with E-state index in [-0.39, 0.29) is 0 Å². The van der Waals surface area contributed by atoms with Gasteiger partial charge in [0.15, 0.2) is 5.82 Å². The van der Waals surface area contributed by atoms with Crippen molar-refractivity contribution in [2.75, 3.05) is 0 Å². The normalized spacial score (nSPS) is 11.2. The second-order valence-electron chi connectivity index (χ2n) is 7.52. The van der Waals surface area contributed by atoms with Gasteiger partial charge in [0.25, 0.3) is 0 Å². The van der Waals surface area contributed by atoms with E-state index < -0.39 is 0 Å². The molecule has 146 valence electrons. The molecule has 0 radical (unpaired) electrons. The first-order valence-electron chi connectivity index (χ1n) is 10.3. The summed E-state index contributed by atoms with van der Waals surface area (Å²) in [6, 6.07) is 36.0. The van der Waals surface area contributed by atoms with Gasteiger partial charge in [0, 0.05) is 37.5 Å². The average molecular weight is 415 g/mol. The van der Waals surface area contributed by atoms with Crippen LogP contribution in [0.25, 0.3) is 53.9 Å². The third kappa shape index (κ3) is 3.29. The minimum atomic E-state index is 0.752. The highest BCUT2D eigenvalue weighted by atomic mass is 32.1. The second-order valence-corrected chi connectivity index (χ2v) is 8.60. The van der Waals surface area contributed by atoms with Crippen molar-refractivity contribution in [1.82, 2.24) is 9.97 Å². The van der Waals surface area contributed by atoms with E-state index >= 15 is 0 Å². The maximum Gasteiger partial charge on any atom is 0.159 e. The number of hydrogen-bond acceptors (Lipinski definition) is 3. The summed E-state index contributed by atoms with van der Waals surface area (Å²) >= 11 is 1.82. The summed E-state index contributed by atoms with van der Waals surface area (Å²) in [6.45, 7) is 0. The van der Waals surface area contributed by atoms with Crippen molar-refractivity contribution in [3.05, 3.63) is 109 Å². The van der Waals surface area contributed by atoms with Crippen molar-refractivity contribution in [2.24, 2.45) is 0 Å². The van der Waals surface area contributed by atoms with Gasteiger partial charge in [0.1, 0.15) is 0 Å². The van der Waals surface area contributed by atoms with Crippen LogP contribution in [0.4, 0.5) is 0 Å². The first kappa shape index (κ1) is 18.0. The Morgan fingerprint density at radius 2 is 1.19 bits per heavy atom. The molecule has 6 rings (SSSR count). The molecule has 2 aromatic heterocycles. The van der Waals surface area contributed by atoms with Gasteiger partial charge in [-0.1, -0.05) is 72.8 Å². The molecule has 0 aliphatic carbocycles. The first-order chi connectivity index (χ1) is 15.3. The van der Waals surface area contributed by atoms with E-state index in [9.17, 15) is 0 Å². The fraction of sp³-hybridized carbons (Fsp3) is 0. The zero-order valence-electron chi connectivity index (χ0n) is 16.7. The fourth-order valence-corrected chi connectivity index (χ4v) is 5.07. The van der Waals surface area contributed by atoms with Crippen LogP contribution in [0.3, 0.4) is 0 Å². The Kier molecular flexibility index (Phi) is 4.33. The third-order valence-corrected chi connectivity index (χ3v) is 6.73. The van der Waals surface area contributed by atoms with E-state index in [1.54, 1.807) is 0 Å². The monoisotopic (exact) mass is 414 g/mol. The Labute approximate surface area is 184 Å². The molecule has 0 aliphatic rings. The number of hydrogen-bond donors (Lipinski definition) is 0. The Balaban J connectivity index is 1.38. The van der Waals surface area contributed by atoms with Crippen molar-refractivity contribution in [2.45, 2.75) is 0 Å². The van der Waals surface area contributed by atoms with Gasteiger partial charge in [-0.05, 0) is 41.5 Å². The quantitative estimate of drug-likeness (QED) is 0.295. The molecular weight excluding hydrogens is 396 g/mol. The minimum Gasteiger partial charge on any atom is -0.237 e. The number of fused-ring (bicyclic) bond motifs is 3. The molecule has 0 saturated heterocycles. The topological polar surface area (TPSA) is 25.8 Å². The number of aromatic nitrogens is 2. The fourth-order valence-electron chi connectivity index (χ4n) is 3.99. The van der Waals surface area contributed by atoms with Crippen molar-refractivity contribution in [1.29, 1.82) is 0 Å². The molecule has 0 unspecified atom stereocenters. The zero-order chi connectivity index (χ0) is 20.6. The number of rotatable bonds is 3. The number of thiophene rings is 1. The molecule has 0 N–H and O–H groups in total. The lowest BCUT2D eigenvalue weighted by molar-refractivity contribution is 1.18. The highest BCUT2D eigenvalue weighted by Crippen LogP contribution is 2.36. The second kappa shape index (κ2) is 7.46. The highest BCUT2D eigenvalue weighted by Gasteiger charge is 2.09. The largest absolute Gasteiger partial charge is 0.237 e. The molecule has 4 aromatic carbocycles. The zero-order valence-corrected chi connectivity index (χ0v) is 17.5. The van der Waals surface area contributed by atoms with Crippen LogP contribution < -0.4 is 0 Å². The standard InChI is InChI=1S/C28H18N2S/c1-2-6-19(7-3-1)20-10-12-21(13-11-20)25-16-17-29-28(30-25)22-14-15-27-24(18-22)23-8-4-5-9-26(23)31-27/h1-18H. The van der Waals surface area contributed by atoms with Crippen molar-refractivity contribution < 1.29 is 0 Å². The summed E-state index contributed by atoms with van der Waals surface area (Å²) in [5.41, 5.74) is 5.48. The molecule has 0 spiro atoms. The van der Waals surface area contributed by atoms with Crippen LogP contribution in [0.5, 0.6) is 0 Å². The Bertz CT molecular complexity index is 1520. The average Bonchev–Trinajstić information content (AvgIpc) is 3.23. The van der Waals surface area contributed by atoms with Gasteiger partial charge in [-0.15, -0.1) is 11.3 Å². The molecule has 31 heavy (non-hydrogen) atoms. The molecule has 0 amide bonds. The summed E-state index contributed by atoms with van der Waals surface area (Å²) in [7, 11) is 0. The number of benzene rings is 4. The van der Waals surface area contributed by atoms with E-state index in [1.807, 2.05) is 29.7 Å². The molecule has 0 fully saturated rings. The predicted octanol–water partition coefficient (Wildman–Crippen LogP) is 7.85. The third-order valence-electron chi connectivity index (χ3n) is 5.58. The lowest BCUT2D eigenvalue weighted by atomic mass is 10.0. The van der Waals surface area contributed by atoms with Crippen LogP contribution in [0.15, 0.2) is 109 Å². The van der Waals surface area contributed by atoms with Crippen LogP contribution in [0.2, 0.25) is 0 Å². The maximum atomic E-state index is 4.88. The molecule has 6 aromatic rings. The molecule has 2 nitrogen and oxygen atoms in total. The summed E-state index contributed by atoms with van der Waals surface area (Å²) in [5, 5.41) is 2.55. The van der Waals surface area contributed by atoms with Gasteiger partial charge in [-0.25, -0.2) is 9.97 Å². The molecular formula is C28H18N2S. The Morgan fingerprint density at radius 1 is 0.516 bits per heavy atom. The van der Waals surface area contributed by atoms with Crippen LogP contribution in [0, 0.1) is 0 Å². The summed E-state index contributed by atoms with van der Waals surface area (Å²) in [5.74, 6) is 0.752. The van der Waals surface area contributed by atoms with Gasteiger partial charge in [0.2, 0.25) is 0 Å². The van der Waals surface area contributed by atoms with Crippen molar-refractivity contribution >= 4 is 31.5 Å². The van der Waals surface area contributed by atoms with E-state index in [0.29, 0.717) is 0 Å². The SMILES string of the molecule is c1ccc(-c2ccc(-c3ccnc(-c4ccc5sc6ccccc6c5c4)n3)cc2)cc1. The first-order valence-corrected chi connectivity index (χ1v) is 11.1. The number of nitrogens with zero attached hydrogens (tertiary/aromatic N) is 2. The summed E-state index contributed by atoms with van der Waals surface area (Å²) in [6.07, 6.45) is 1.85. The smallest absolute Gasteiger partial charge is 0.159 e. The summed E-state index contributed by atoms with van der Waals surface area (Å²) in [4.78, 5) is 9.44. The Morgan fingerprint density at radius 3 is 2.06 bits per heavy atom. The van der Waals surface area contributed by atoms with E-state index in [0.717, 1.165) is 22.6 Å². The van der Waals surface area contributed by atoms with Gasteiger partial charge in [-0.2, -0.15) is 0 Å². The molecule has 3 heteroatoms. The highest BCUT2D eigenvalue weighted by molar-refractivity contribution is 7.25. The van der Waals surface area contributed by atoms with Gasteiger partial charge < -0.3 is 0 Å². The molecule has 0 aliphatic heterocycles. The predicted molar refractivity (Wildman–Crippen MR) is 131 cm³/mol. The van der Waals surface area contributed by atoms with Gasteiger partial charge >= 0.3 is 0 Å². The molecule has 0 bridgehead atoms.